The van der Waals surface area contributed by atoms with Gasteiger partial charge in [0.05, 0.1) is 5.52 Å². The summed E-state index contributed by atoms with van der Waals surface area (Å²) in [6, 6.07) is 11.0. The van der Waals surface area contributed by atoms with Gasteiger partial charge in [-0.2, -0.15) is 5.10 Å². The fourth-order valence-corrected chi connectivity index (χ4v) is 5.16. The minimum absolute atomic E-state index is 0.0669. The maximum absolute atomic E-state index is 12.8. The Morgan fingerprint density at radius 3 is 2.50 bits per heavy atom. The van der Waals surface area contributed by atoms with Crippen LogP contribution in [0, 0.1) is 18.8 Å². The number of aromatic nitrogens is 2. The van der Waals surface area contributed by atoms with E-state index in [1.54, 1.807) is 24.3 Å². The molecule has 2 fully saturated rings. The highest BCUT2D eigenvalue weighted by Crippen LogP contribution is 2.29. The molecule has 1 saturated heterocycles. The van der Waals surface area contributed by atoms with Crippen molar-refractivity contribution in [2.75, 3.05) is 26.3 Å². The van der Waals surface area contributed by atoms with Gasteiger partial charge >= 0.3 is 0 Å². The van der Waals surface area contributed by atoms with E-state index in [4.69, 9.17) is 21.4 Å². The van der Waals surface area contributed by atoms with E-state index >= 15 is 0 Å². The van der Waals surface area contributed by atoms with Crippen LogP contribution in [0.5, 0.6) is 0 Å². The van der Waals surface area contributed by atoms with Gasteiger partial charge in [-0.15, -0.1) is 0 Å². The molecule has 0 unspecified atom stereocenters. The molecule has 0 bridgehead atoms. The molecule has 3 aromatic rings. The van der Waals surface area contributed by atoms with Crippen molar-refractivity contribution in [1.29, 1.82) is 0 Å². The first kappa shape index (κ1) is 25.0. The standard InChI is InChI=1S/C29H34ClN3O3/c1-20-25(28(34)3-2-16-36-19-22-4-5-22)10-11-27-26(20)18-33(31-27)17-21-12-14-32(15-13-21)29(35)23-6-8-24(30)9-7-23/h6-11,18,21-22H,2-5,12-17,19H2,1H3. The van der Waals surface area contributed by atoms with Gasteiger partial charge in [0.1, 0.15) is 0 Å². The van der Waals surface area contributed by atoms with Gasteiger partial charge in [-0.05, 0) is 92.8 Å². The van der Waals surface area contributed by atoms with Crippen molar-refractivity contribution in [3.8, 4) is 0 Å². The molecule has 5 rings (SSSR count). The van der Waals surface area contributed by atoms with E-state index in [0.717, 1.165) is 73.5 Å². The molecule has 2 aromatic carbocycles. The number of ether oxygens (including phenoxy) is 1. The highest BCUT2D eigenvalue weighted by Gasteiger charge is 2.25. The van der Waals surface area contributed by atoms with Crippen LogP contribution in [0.15, 0.2) is 42.6 Å². The van der Waals surface area contributed by atoms with Crippen molar-refractivity contribution in [3.05, 3.63) is 64.3 Å². The molecule has 1 aliphatic carbocycles. The van der Waals surface area contributed by atoms with Gasteiger partial charge < -0.3 is 9.64 Å². The predicted octanol–water partition coefficient (Wildman–Crippen LogP) is 5.94. The number of ketones is 1. The Kier molecular flexibility index (Phi) is 7.73. The maximum Gasteiger partial charge on any atom is 0.253 e. The van der Waals surface area contributed by atoms with Crippen LogP contribution in [0.25, 0.3) is 10.9 Å². The number of carbonyl (C=O) groups excluding carboxylic acids is 2. The number of rotatable bonds is 10. The van der Waals surface area contributed by atoms with Crippen LogP contribution in [0.2, 0.25) is 5.02 Å². The highest BCUT2D eigenvalue weighted by molar-refractivity contribution is 6.30. The molecule has 6 nitrogen and oxygen atoms in total. The summed E-state index contributed by atoms with van der Waals surface area (Å²) in [6.45, 7) is 5.83. The normalized spacial score (nSPS) is 16.6. The Morgan fingerprint density at radius 1 is 1.03 bits per heavy atom. The van der Waals surface area contributed by atoms with Gasteiger partial charge in [0.2, 0.25) is 0 Å². The Hall–Kier alpha value is -2.70. The maximum atomic E-state index is 12.8. The molecule has 36 heavy (non-hydrogen) atoms. The summed E-state index contributed by atoms with van der Waals surface area (Å²) < 4.78 is 7.69. The highest BCUT2D eigenvalue weighted by atomic mass is 35.5. The number of benzene rings is 2. The molecule has 1 amide bonds. The minimum Gasteiger partial charge on any atom is -0.381 e. The van der Waals surface area contributed by atoms with Crippen LogP contribution in [0.3, 0.4) is 0 Å². The van der Waals surface area contributed by atoms with Crippen LogP contribution in [0.1, 0.15) is 64.8 Å². The lowest BCUT2D eigenvalue weighted by Gasteiger charge is -2.32. The number of aryl methyl sites for hydroxylation is 1. The van der Waals surface area contributed by atoms with Crippen LogP contribution < -0.4 is 0 Å². The largest absolute Gasteiger partial charge is 0.381 e. The minimum atomic E-state index is 0.0669. The van der Waals surface area contributed by atoms with Crippen LogP contribution in [-0.4, -0.2) is 52.7 Å². The molecule has 2 heterocycles. The Bertz CT molecular complexity index is 1220. The lowest BCUT2D eigenvalue weighted by Crippen LogP contribution is -2.39. The lowest BCUT2D eigenvalue weighted by atomic mass is 9.96. The fourth-order valence-electron chi connectivity index (χ4n) is 5.04. The van der Waals surface area contributed by atoms with E-state index in [1.165, 1.54) is 12.8 Å². The second-order valence-electron chi connectivity index (χ2n) is 10.3. The summed E-state index contributed by atoms with van der Waals surface area (Å²) in [6.07, 6.45) is 7.82. The number of hydrogen-bond acceptors (Lipinski definition) is 4. The van der Waals surface area contributed by atoms with Gasteiger partial charge in [-0.3, -0.25) is 14.3 Å². The zero-order valence-electron chi connectivity index (χ0n) is 20.9. The van der Waals surface area contributed by atoms with E-state index in [1.807, 2.05) is 28.6 Å². The lowest BCUT2D eigenvalue weighted by molar-refractivity contribution is 0.0681. The summed E-state index contributed by atoms with van der Waals surface area (Å²) in [7, 11) is 0. The third-order valence-corrected chi connectivity index (χ3v) is 7.74. The number of halogens is 1. The van der Waals surface area contributed by atoms with Crippen molar-refractivity contribution in [1.82, 2.24) is 14.7 Å². The quantitative estimate of drug-likeness (QED) is 0.251. The molecular formula is C29H34ClN3O3. The zero-order valence-corrected chi connectivity index (χ0v) is 21.7. The fraction of sp³-hybridized carbons (Fsp3) is 0.483. The van der Waals surface area contributed by atoms with Crippen molar-refractivity contribution >= 4 is 34.2 Å². The molecule has 1 aliphatic heterocycles. The van der Waals surface area contributed by atoms with E-state index in [9.17, 15) is 9.59 Å². The number of nitrogens with zero attached hydrogens (tertiary/aromatic N) is 3. The van der Waals surface area contributed by atoms with Gasteiger partial charge in [-0.1, -0.05) is 11.6 Å². The second-order valence-corrected chi connectivity index (χ2v) is 10.7. The van der Waals surface area contributed by atoms with Crippen molar-refractivity contribution in [2.24, 2.45) is 11.8 Å². The molecule has 7 heteroatoms. The number of carbonyl (C=O) groups is 2. The van der Waals surface area contributed by atoms with E-state index in [-0.39, 0.29) is 11.7 Å². The van der Waals surface area contributed by atoms with Crippen molar-refractivity contribution in [2.45, 2.75) is 52.0 Å². The predicted molar refractivity (Wildman–Crippen MR) is 142 cm³/mol. The van der Waals surface area contributed by atoms with E-state index in [2.05, 4.69) is 6.20 Å². The summed E-state index contributed by atoms with van der Waals surface area (Å²) in [4.78, 5) is 27.5. The third-order valence-electron chi connectivity index (χ3n) is 7.49. The smallest absolute Gasteiger partial charge is 0.253 e. The molecule has 0 radical (unpaired) electrons. The zero-order chi connectivity index (χ0) is 25.1. The Labute approximate surface area is 217 Å². The SMILES string of the molecule is Cc1c(C(=O)CCCOCC2CC2)ccc2nn(CC3CCN(C(=O)c4ccc(Cl)cc4)CC3)cc12. The van der Waals surface area contributed by atoms with E-state index in [0.29, 0.717) is 29.5 Å². The number of piperidine rings is 1. The number of likely N-dealkylation sites (tertiary alicyclic amines) is 1. The van der Waals surface area contributed by atoms with E-state index < -0.39 is 0 Å². The molecule has 190 valence electrons. The molecule has 1 saturated carbocycles. The van der Waals surface area contributed by atoms with Crippen molar-refractivity contribution < 1.29 is 14.3 Å². The monoisotopic (exact) mass is 507 g/mol. The first-order chi connectivity index (χ1) is 17.5. The Balaban J connectivity index is 1.14. The average molecular weight is 508 g/mol. The summed E-state index contributed by atoms with van der Waals surface area (Å²) in [5.41, 5.74) is 3.40. The average Bonchev–Trinajstić information content (AvgIpc) is 3.62. The van der Waals surface area contributed by atoms with Crippen LogP contribution in [0.4, 0.5) is 0 Å². The molecule has 1 aromatic heterocycles. The number of amides is 1. The Morgan fingerprint density at radius 2 is 1.78 bits per heavy atom. The summed E-state index contributed by atoms with van der Waals surface area (Å²) >= 11 is 5.95. The van der Waals surface area contributed by atoms with Gasteiger partial charge in [0.15, 0.2) is 5.78 Å². The molecule has 0 spiro atoms. The molecule has 2 aliphatic rings. The topological polar surface area (TPSA) is 64.4 Å². The van der Waals surface area contributed by atoms with Crippen molar-refractivity contribution in [3.63, 3.8) is 0 Å². The summed E-state index contributed by atoms with van der Waals surface area (Å²) in [5.74, 6) is 1.46. The molecular weight excluding hydrogens is 474 g/mol. The second kappa shape index (κ2) is 11.1. The van der Waals surface area contributed by atoms with Gasteiger partial charge in [0, 0.05) is 67.0 Å². The van der Waals surface area contributed by atoms with Crippen LogP contribution in [-0.2, 0) is 11.3 Å². The molecule has 0 atom stereocenters. The number of Topliss-reactive ketones (excluding diaryl/α,β-unsaturated/α-hetero) is 1. The van der Waals surface area contributed by atoms with Gasteiger partial charge in [0.25, 0.3) is 5.91 Å². The van der Waals surface area contributed by atoms with Crippen LogP contribution >= 0.6 is 11.6 Å². The third kappa shape index (κ3) is 5.98. The number of fused-ring (bicyclic) bond motifs is 1. The number of hydrogen-bond donors (Lipinski definition) is 0. The molecule has 0 N–H and O–H groups in total. The summed E-state index contributed by atoms with van der Waals surface area (Å²) in [5, 5.41) is 6.46. The first-order valence-electron chi connectivity index (χ1n) is 13.1. The first-order valence-corrected chi connectivity index (χ1v) is 13.5. The van der Waals surface area contributed by atoms with Gasteiger partial charge in [-0.25, -0.2) is 0 Å².